The zero-order valence-electron chi connectivity index (χ0n) is 16.6. The molecule has 1 aromatic heterocycles. The number of anilines is 2. The lowest BCUT2D eigenvalue weighted by molar-refractivity contribution is -0.114. The molecule has 0 bridgehead atoms. The summed E-state index contributed by atoms with van der Waals surface area (Å²) in [4.78, 5) is 23.3. The predicted molar refractivity (Wildman–Crippen MR) is 114 cm³/mol. The van der Waals surface area contributed by atoms with Crippen molar-refractivity contribution >= 4 is 23.3 Å². The highest BCUT2D eigenvalue weighted by molar-refractivity contribution is 5.95. The van der Waals surface area contributed by atoms with Crippen molar-refractivity contribution in [2.45, 2.75) is 19.8 Å². The molecular weight excluding hydrogens is 380 g/mol. The van der Waals surface area contributed by atoms with E-state index in [2.05, 4.69) is 21.8 Å². The van der Waals surface area contributed by atoms with Crippen LogP contribution in [0.3, 0.4) is 0 Å². The lowest BCUT2D eigenvalue weighted by Gasteiger charge is -2.06. The summed E-state index contributed by atoms with van der Waals surface area (Å²) in [6.07, 6.45) is 1.12. The van der Waals surface area contributed by atoms with E-state index in [-0.39, 0.29) is 11.8 Å². The van der Waals surface area contributed by atoms with E-state index in [4.69, 9.17) is 5.73 Å². The molecule has 3 aromatic rings. The molecule has 0 radical (unpaired) electrons. The van der Waals surface area contributed by atoms with Crippen LogP contribution in [0.15, 0.2) is 54.6 Å². The SMILES string of the molecule is CC(=O)Nc1ccc(C(=O)NCCCc2nn(-c3ccccc3)c(N)c2C#N)cc1. The average molecular weight is 402 g/mol. The van der Waals surface area contributed by atoms with E-state index >= 15 is 0 Å². The van der Waals surface area contributed by atoms with Gasteiger partial charge in [0.2, 0.25) is 5.91 Å². The summed E-state index contributed by atoms with van der Waals surface area (Å²) >= 11 is 0. The van der Waals surface area contributed by atoms with Crippen molar-refractivity contribution in [3.63, 3.8) is 0 Å². The van der Waals surface area contributed by atoms with E-state index in [1.807, 2.05) is 30.3 Å². The molecule has 0 saturated carbocycles. The average Bonchev–Trinajstić information content (AvgIpc) is 3.07. The molecule has 0 aliphatic carbocycles. The number of aromatic nitrogens is 2. The highest BCUT2D eigenvalue weighted by atomic mass is 16.2. The molecule has 152 valence electrons. The van der Waals surface area contributed by atoms with Crippen LogP contribution in [-0.2, 0) is 11.2 Å². The number of rotatable bonds is 7. The molecule has 0 aliphatic rings. The number of nitriles is 1. The third-order valence-electron chi connectivity index (χ3n) is 4.45. The van der Waals surface area contributed by atoms with Crippen molar-refractivity contribution in [1.29, 1.82) is 5.26 Å². The maximum Gasteiger partial charge on any atom is 0.251 e. The van der Waals surface area contributed by atoms with E-state index in [1.54, 1.807) is 28.9 Å². The minimum atomic E-state index is -0.209. The molecule has 4 N–H and O–H groups in total. The highest BCUT2D eigenvalue weighted by Crippen LogP contribution is 2.21. The van der Waals surface area contributed by atoms with Crippen molar-refractivity contribution in [2.24, 2.45) is 0 Å². The Morgan fingerprint density at radius 2 is 1.83 bits per heavy atom. The molecule has 0 saturated heterocycles. The van der Waals surface area contributed by atoms with Crippen molar-refractivity contribution in [2.75, 3.05) is 17.6 Å². The summed E-state index contributed by atoms with van der Waals surface area (Å²) < 4.78 is 1.56. The first-order valence-electron chi connectivity index (χ1n) is 9.48. The zero-order chi connectivity index (χ0) is 21.5. The largest absolute Gasteiger partial charge is 0.382 e. The number of nitrogens with one attached hydrogen (secondary N) is 2. The fraction of sp³-hybridized carbons (Fsp3) is 0.182. The molecule has 8 nitrogen and oxygen atoms in total. The number of hydrogen-bond donors (Lipinski definition) is 3. The van der Waals surface area contributed by atoms with E-state index < -0.39 is 0 Å². The first-order valence-corrected chi connectivity index (χ1v) is 9.48. The van der Waals surface area contributed by atoms with Crippen LogP contribution in [0.1, 0.15) is 35.0 Å². The van der Waals surface area contributed by atoms with Crippen LogP contribution in [-0.4, -0.2) is 28.1 Å². The van der Waals surface area contributed by atoms with Crippen LogP contribution < -0.4 is 16.4 Å². The van der Waals surface area contributed by atoms with Crippen LogP contribution in [0.25, 0.3) is 5.69 Å². The van der Waals surface area contributed by atoms with E-state index in [0.717, 1.165) is 5.69 Å². The summed E-state index contributed by atoms with van der Waals surface area (Å²) in [5, 5.41) is 19.4. The van der Waals surface area contributed by atoms with Crippen molar-refractivity contribution in [3.05, 3.63) is 71.4 Å². The molecule has 0 unspecified atom stereocenters. The molecule has 2 aromatic carbocycles. The second-order valence-electron chi connectivity index (χ2n) is 6.68. The van der Waals surface area contributed by atoms with Gasteiger partial charge in [-0.25, -0.2) is 4.68 Å². The van der Waals surface area contributed by atoms with E-state index in [1.165, 1.54) is 6.92 Å². The molecule has 0 fully saturated rings. The van der Waals surface area contributed by atoms with Crippen LogP contribution >= 0.6 is 0 Å². The Kier molecular flexibility index (Phi) is 6.45. The normalized spacial score (nSPS) is 10.3. The highest BCUT2D eigenvalue weighted by Gasteiger charge is 2.16. The summed E-state index contributed by atoms with van der Waals surface area (Å²) in [6.45, 7) is 1.85. The second-order valence-corrected chi connectivity index (χ2v) is 6.68. The number of hydrogen-bond acceptors (Lipinski definition) is 5. The van der Waals surface area contributed by atoms with Gasteiger partial charge in [0.25, 0.3) is 5.91 Å². The smallest absolute Gasteiger partial charge is 0.251 e. The molecule has 0 spiro atoms. The number of nitrogen functional groups attached to an aromatic ring is 1. The fourth-order valence-electron chi connectivity index (χ4n) is 3.01. The maximum absolute atomic E-state index is 12.3. The summed E-state index contributed by atoms with van der Waals surface area (Å²) in [5.74, 6) is -0.0690. The fourth-order valence-corrected chi connectivity index (χ4v) is 3.01. The molecule has 0 atom stereocenters. The molecule has 3 rings (SSSR count). The number of carbonyl (C=O) groups is 2. The van der Waals surface area contributed by atoms with Gasteiger partial charge in [-0.05, 0) is 49.2 Å². The van der Waals surface area contributed by atoms with Crippen molar-refractivity contribution < 1.29 is 9.59 Å². The van der Waals surface area contributed by atoms with Crippen molar-refractivity contribution in [1.82, 2.24) is 15.1 Å². The molecule has 8 heteroatoms. The third-order valence-corrected chi connectivity index (χ3v) is 4.45. The zero-order valence-corrected chi connectivity index (χ0v) is 16.6. The van der Waals surface area contributed by atoms with Crippen molar-refractivity contribution in [3.8, 4) is 11.8 Å². The summed E-state index contributed by atoms with van der Waals surface area (Å²) in [5.41, 5.74) is 8.98. The summed E-state index contributed by atoms with van der Waals surface area (Å²) in [6, 6.07) is 18.2. The number of amides is 2. The first kappa shape index (κ1) is 20.6. The van der Waals surface area contributed by atoms with Gasteiger partial charge >= 0.3 is 0 Å². The van der Waals surface area contributed by atoms with Crippen LogP contribution in [0.5, 0.6) is 0 Å². The second kappa shape index (κ2) is 9.39. The van der Waals surface area contributed by atoms with E-state index in [9.17, 15) is 14.9 Å². The van der Waals surface area contributed by atoms with Crippen LogP contribution in [0.4, 0.5) is 11.5 Å². The molecule has 0 aliphatic heterocycles. The van der Waals surface area contributed by atoms with Gasteiger partial charge in [-0.1, -0.05) is 18.2 Å². The lowest BCUT2D eigenvalue weighted by atomic mass is 10.1. The Morgan fingerprint density at radius 3 is 2.47 bits per heavy atom. The van der Waals surface area contributed by atoms with Crippen LogP contribution in [0.2, 0.25) is 0 Å². The van der Waals surface area contributed by atoms with Gasteiger partial charge in [0.05, 0.1) is 11.4 Å². The lowest BCUT2D eigenvalue weighted by Crippen LogP contribution is -2.24. The van der Waals surface area contributed by atoms with Gasteiger partial charge in [0, 0.05) is 24.7 Å². The minimum absolute atomic E-state index is 0.167. The van der Waals surface area contributed by atoms with Gasteiger partial charge < -0.3 is 16.4 Å². The topological polar surface area (TPSA) is 126 Å². The molecular formula is C22H22N6O2. The number of aryl methyl sites for hydroxylation is 1. The van der Waals surface area contributed by atoms with Gasteiger partial charge in [0.15, 0.2) is 0 Å². The standard InChI is InChI=1S/C22H22N6O2/c1-15(29)26-17-11-9-16(10-12-17)22(30)25-13-5-8-20-19(14-23)21(24)28(27-20)18-6-3-2-4-7-18/h2-4,6-7,9-12H,5,8,13,24H2,1H3,(H,25,30)(H,26,29). The summed E-state index contributed by atoms with van der Waals surface area (Å²) in [7, 11) is 0. The first-order chi connectivity index (χ1) is 14.5. The van der Waals surface area contributed by atoms with Crippen LogP contribution in [0, 0.1) is 11.3 Å². The quantitative estimate of drug-likeness (QED) is 0.524. The van der Waals surface area contributed by atoms with Gasteiger partial charge in [-0.15, -0.1) is 0 Å². The van der Waals surface area contributed by atoms with E-state index in [0.29, 0.717) is 47.7 Å². The Bertz CT molecular complexity index is 1080. The number of nitrogens with two attached hydrogens (primary N) is 1. The molecule has 30 heavy (non-hydrogen) atoms. The Hall–Kier alpha value is -4.12. The Morgan fingerprint density at radius 1 is 1.13 bits per heavy atom. The Labute approximate surface area is 174 Å². The number of para-hydroxylation sites is 1. The van der Waals surface area contributed by atoms with Gasteiger partial charge in [-0.2, -0.15) is 10.4 Å². The number of carbonyl (C=O) groups excluding carboxylic acids is 2. The monoisotopic (exact) mass is 402 g/mol. The number of nitrogens with zero attached hydrogens (tertiary/aromatic N) is 3. The molecule has 1 heterocycles. The predicted octanol–water partition coefficient (Wildman–Crippen LogP) is 2.65. The number of benzene rings is 2. The van der Waals surface area contributed by atoms with Gasteiger partial charge in [0.1, 0.15) is 17.5 Å². The molecule has 2 amide bonds. The Balaban J connectivity index is 1.57. The maximum atomic E-state index is 12.3. The minimum Gasteiger partial charge on any atom is -0.382 e. The third kappa shape index (κ3) is 4.83. The van der Waals surface area contributed by atoms with Gasteiger partial charge in [-0.3, -0.25) is 9.59 Å².